The Bertz CT molecular complexity index is 762. The number of aromatic hydroxyl groups is 1. The first-order valence-corrected chi connectivity index (χ1v) is 7.56. The number of nitrogens with zero attached hydrogens (tertiary/aromatic N) is 1. The van der Waals surface area contributed by atoms with Crippen molar-refractivity contribution >= 4 is 23.7 Å². The van der Waals surface area contributed by atoms with Crippen molar-refractivity contribution in [1.29, 1.82) is 0 Å². The lowest BCUT2D eigenvalue weighted by Gasteiger charge is -2.11. The predicted octanol–water partition coefficient (Wildman–Crippen LogP) is 3.22. The first-order valence-electron chi connectivity index (χ1n) is 7.18. The fourth-order valence-electron chi connectivity index (χ4n) is 2.01. The second-order valence-corrected chi connectivity index (χ2v) is 5.09. The molecule has 0 aliphatic heterocycles. The molecular formula is C17H17ClN2O4. The van der Waals surface area contributed by atoms with Crippen molar-refractivity contribution < 1.29 is 19.4 Å². The molecule has 2 aromatic rings. The number of benzene rings is 2. The number of hydrazone groups is 1. The summed E-state index contributed by atoms with van der Waals surface area (Å²) in [6.07, 6.45) is 1.42. The second-order valence-electron chi connectivity index (χ2n) is 4.68. The largest absolute Gasteiger partial charge is 0.507 e. The minimum Gasteiger partial charge on any atom is -0.507 e. The van der Waals surface area contributed by atoms with Crippen molar-refractivity contribution in [3.63, 3.8) is 0 Å². The van der Waals surface area contributed by atoms with Gasteiger partial charge in [0.2, 0.25) is 0 Å². The molecule has 0 saturated heterocycles. The molecule has 126 valence electrons. The summed E-state index contributed by atoms with van der Waals surface area (Å²) in [5.74, 6) is 0.292. The van der Waals surface area contributed by atoms with Gasteiger partial charge in [0.1, 0.15) is 5.75 Å². The van der Waals surface area contributed by atoms with Crippen LogP contribution in [0.5, 0.6) is 17.2 Å². The highest BCUT2D eigenvalue weighted by Crippen LogP contribution is 2.35. The van der Waals surface area contributed by atoms with Gasteiger partial charge in [-0.3, -0.25) is 4.79 Å². The quantitative estimate of drug-likeness (QED) is 0.620. The summed E-state index contributed by atoms with van der Waals surface area (Å²) in [6, 6.07) is 9.54. The lowest BCUT2D eigenvalue weighted by molar-refractivity contribution is 0.0952. The number of amides is 1. The molecule has 24 heavy (non-hydrogen) atoms. The minimum absolute atomic E-state index is 0.115. The van der Waals surface area contributed by atoms with Gasteiger partial charge in [-0.25, -0.2) is 5.43 Å². The predicted molar refractivity (Wildman–Crippen MR) is 92.3 cm³/mol. The highest BCUT2D eigenvalue weighted by Gasteiger charge is 2.11. The molecule has 1 amide bonds. The van der Waals surface area contributed by atoms with Gasteiger partial charge >= 0.3 is 0 Å². The van der Waals surface area contributed by atoms with Crippen molar-refractivity contribution in [2.24, 2.45) is 5.10 Å². The summed E-state index contributed by atoms with van der Waals surface area (Å²) >= 11 is 6.14. The van der Waals surface area contributed by atoms with Crippen LogP contribution in [0.1, 0.15) is 22.8 Å². The van der Waals surface area contributed by atoms with E-state index >= 15 is 0 Å². The van der Waals surface area contributed by atoms with Gasteiger partial charge in [-0.2, -0.15) is 5.10 Å². The molecule has 2 rings (SSSR count). The monoisotopic (exact) mass is 348 g/mol. The van der Waals surface area contributed by atoms with Crippen LogP contribution in [-0.2, 0) is 0 Å². The van der Waals surface area contributed by atoms with E-state index in [0.717, 1.165) is 0 Å². The van der Waals surface area contributed by atoms with Crippen LogP contribution in [-0.4, -0.2) is 30.9 Å². The highest BCUT2D eigenvalue weighted by atomic mass is 35.5. The number of rotatable bonds is 6. The Morgan fingerprint density at radius 1 is 1.38 bits per heavy atom. The third-order valence-corrected chi connectivity index (χ3v) is 3.34. The van der Waals surface area contributed by atoms with E-state index in [0.29, 0.717) is 28.7 Å². The van der Waals surface area contributed by atoms with E-state index in [2.05, 4.69) is 10.5 Å². The number of hydrogen-bond acceptors (Lipinski definition) is 5. The van der Waals surface area contributed by atoms with E-state index in [1.165, 1.54) is 25.5 Å². The lowest BCUT2D eigenvalue weighted by atomic mass is 10.2. The molecule has 0 fully saturated rings. The zero-order valence-electron chi connectivity index (χ0n) is 13.2. The smallest absolute Gasteiger partial charge is 0.275 e. The topological polar surface area (TPSA) is 80.2 Å². The number of halogens is 1. The third kappa shape index (κ3) is 4.17. The molecule has 6 nitrogen and oxygen atoms in total. The number of ether oxygens (including phenoxy) is 2. The van der Waals surface area contributed by atoms with E-state index in [-0.39, 0.29) is 11.3 Å². The van der Waals surface area contributed by atoms with Gasteiger partial charge in [0.15, 0.2) is 11.5 Å². The first-order chi connectivity index (χ1) is 11.6. The lowest BCUT2D eigenvalue weighted by Crippen LogP contribution is -2.17. The van der Waals surface area contributed by atoms with Crippen molar-refractivity contribution in [2.75, 3.05) is 13.7 Å². The maximum Gasteiger partial charge on any atom is 0.275 e. The summed E-state index contributed by atoms with van der Waals surface area (Å²) in [5.41, 5.74) is 3.11. The van der Waals surface area contributed by atoms with Gasteiger partial charge in [-0.1, -0.05) is 23.7 Å². The highest BCUT2D eigenvalue weighted by molar-refractivity contribution is 6.32. The SMILES string of the molecule is CCOc1cc(/C=N\NC(=O)c2ccccc2O)cc(Cl)c1OC. The van der Waals surface area contributed by atoms with E-state index in [1.54, 1.807) is 24.3 Å². The van der Waals surface area contributed by atoms with E-state index < -0.39 is 5.91 Å². The molecule has 0 heterocycles. The van der Waals surface area contributed by atoms with Gasteiger partial charge in [-0.15, -0.1) is 0 Å². The molecule has 0 aromatic heterocycles. The van der Waals surface area contributed by atoms with Gasteiger partial charge in [0, 0.05) is 0 Å². The van der Waals surface area contributed by atoms with Crippen LogP contribution in [0.25, 0.3) is 0 Å². The zero-order chi connectivity index (χ0) is 17.5. The molecule has 0 unspecified atom stereocenters. The van der Waals surface area contributed by atoms with Crippen molar-refractivity contribution in [3.05, 3.63) is 52.5 Å². The van der Waals surface area contributed by atoms with Crippen LogP contribution >= 0.6 is 11.6 Å². The summed E-state index contributed by atoms with van der Waals surface area (Å²) in [6.45, 7) is 2.30. The Kier molecular flexibility index (Phi) is 6.03. The molecule has 0 aliphatic rings. The number of para-hydroxylation sites is 1. The number of methoxy groups -OCH3 is 1. The number of carbonyl (C=O) groups excluding carboxylic acids is 1. The van der Waals surface area contributed by atoms with Gasteiger partial charge < -0.3 is 14.6 Å². The van der Waals surface area contributed by atoms with Crippen molar-refractivity contribution in [3.8, 4) is 17.2 Å². The zero-order valence-corrected chi connectivity index (χ0v) is 14.0. The molecule has 0 bridgehead atoms. The number of phenols is 1. The molecule has 7 heteroatoms. The van der Waals surface area contributed by atoms with Crippen LogP contribution in [0, 0.1) is 0 Å². The standard InChI is InChI=1S/C17H17ClN2O4/c1-3-24-15-9-11(8-13(18)16(15)23-2)10-19-20-17(22)12-6-4-5-7-14(12)21/h4-10,21H,3H2,1-2H3,(H,20,22)/b19-10-. The Morgan fingerprint density at radius 2 is 2.12 bits per heavy atom. The van der Waals surface area contributed by atoms with Crippen LogP contribution in [0.3, 0.4) is 0 Å². The Hall–Kier alpha value is -2.73. The fourth-order valence-corrected chi connectivity index (χ4v) is 2.31. The van der Waals surface area contributed by atoms with E-state index in [1.807, 2.05) is 6.92 Å². The van der Waals surface area contributed by atoms with Crippen LogP contribution in [0.15, 0.2) is 41.5 Å². The van der Waals surface area contributed by atoms with Crippen molar-refractivity contribution in [1.82, 2.24) is 5.43 Å². The molecule has 0 spiro atoms. The van der Waals surface area contributed by atoms with Crippen LogP contribution in [0.4, 0.5) is 0 Å². The minimum atomic E-state index is -0.519. The van der Waals surface area contributed by atoms with Gasteiger partial charge in [0.05, 0.1) is 30.5 Å². The molecule has 0 aliphatic carbocycles. The first kappa shape index (κ1) is 17.6. The summed E-state index contributed by atoms with van der Waals surface area (Å²) in [7, 11) is 1.50. The average Bonchev–Trinajstić information content (AvgIpc) is 2.55. The third-order valence-electron chi connectivity index (χ3n) is 3.06. The molecular weight excluding hydrogens is 332 g/mol. The van der Waals surface area contributed by atoms with Gasteiger partial charge in [-0.05, 0) is 36.8 Å². The van der Waals surface area contributed by atoms with E-state index in [9.17, 15) is 9.90 Å². The number of nitrogens with one attached hydrogen (secondary N) is 1. The molecule has 0 saturated carbocycles. The number of phenolic OH excluding ortho intramolecular Hbond substituents is 1. The molecule has 2 N–H and O–H groups in total. The maximum absolute atomic E-state index is 11.9. The normalized spacial score (nSPS) is 10.6. The molecule has 2 aromatic carbocycles. The fraction of sp³-hybridized carbons (Fsp3) is 0.176. The molecule has 0 atom stereocenters. The summed E-state index contributed by atoms with van der Waals surface area (Å²) < 4.78 is 10.7. The Balaban J connectivity index is 2.14. The summed E-state index contributed by atoms with van der Waals surface area (Å²) in [4.78, 5) is 11.9. The number of hydrogen-bond donors (Lipinski definition) is 2. The average molecular weight is 349 g/mol. The van der Waals surface area contributed by atoms with Crippen LogP contribution < -0.4 is 14.9 Å². The second kappa shape index (κ2) is 8.21. The van der Waals surface area contributed by atoms with E-state index in [4.69, 9.17) is 21.1 Å². The van der Waals surface area contributed by atoms with Crippen LogP contribution in [0.2, 0.25) is 5.02 Å². The van der Waals surface area contributed by atoms with Crippen molar-refractivity contribution in [2.45, 2.75) is 6.92 Å². The van der Waals surface area contributed by atoms with Gasteiger partial charge in [0.25, 0.3) is 5.91 Å². The Morgan fingerprint density at radius 3 is 2.79 bits per heavy atom. The maximum atomic E-state index is 11.9. The number of carbonyl (C=O) groups is 1. The summed E-state index contributed by atoms with van der Waals surface area (Å²) in [5, 5.41) is 13.9. The molecule has 0 radical (unpaired) electrons. The Labute approximate surface area is 144 Å².